The van der Waals surface area contributed by atoms with Crippen LogP contribution in [0.25, 0.3) is 0 Å². The van der Waals surface area contributed by atoms with Crippen LogP contribution in [0.1, 0.15) is 22.7 Å². The minimum Gasteiger partial charge on any atom is -0.484 e. The lowest BCUT2D eigenvalue weighted by Gasteiger charge is -2.39. The zero-order valence-corrected chi connectivity index (χ0v) is 19.3. The van der Waals surface area contributed by atoms with Gasteiger partial charge in [-0.25, -0.2) is 0 Å². The van der Waals surface area contributed by atoms with Gasteiger partial charge in [-0.15, -0.1) is 0 Å². The number of hydrogen-bond donors (Lipinski definition) is 0. The maximum Gasteiger partial charge on any atom is 0.260 e. The Morgan fingerprint density at radius 3 is 2.03 bits per heavy atom. The van der Waals surface area contributed by atoms with Gasteiger partial charge in [0.2, 0.25) is 0 Å². The number of carbonyl (C=O) groups is 1. The second-order valence-electron chi connectivity index (χ2n) is 7.84. The average Bonchev–Trinajstić information content (AvgIpc) is 2.82. The lowest BCUT2D eigenvalue weighted by molar-refractivity contribution is -0.135. The van der Waals surface area contributed by atoms with Gasteiger partial charge in [-0.2, -0.15) is 0 Å². The van der Waals surface area contributed by atoms with Crippen molar-refractivity contribution in [3.63, 3.8) is 0 Å². The van der Waals surface area contributed by atoms with Gasteiger partial charge in [0.1, 0.15) is 5.75 Å². The summed E-state index contributed by atoms with van der Waals surface area (Å²) in [5.74, 6) is 0.761. The summed E-state index contributed by atoms with van der Waals surface area (Å²) < 4.78 is 6.78. The number of benzene rings is 3. The molecule has 4 rings (SSSR count). The van der Waals surface area contributed by atoms with Crippen LogP contribution in [0, 0.1) is 6.92 Å². The summed E-state index contributed by atoms with van der Waals surface area (Å²) in [4.78, 5) is 17.1. The topological polar surface area (TPSA) is 32.8 Å². The van der Waals surface area contributed by atoms with Gasteiger partial charge in [-0.1, -0.05) is 76.6 Å². The Morgan fingerprint density at radius 2 is 1.48 bits per heavy atom. The first-order valence-electron chi connectivity index (χ1n) is 10.6. The molecule has 31 heavy (non-hydrogen) atoms. The van der Waals surface area contributed by atoms with Gasteiger partial charge in [-0.3, -0.25) is 9.69 Å². The number of ether oxygens (including phenoxy) is 1. The van der Waals surface area contributed by atoms with Crippen molar-refractivity contribution in [3.8, 4) is 5.75 Å². The summed E-state index contributed by atoms with van der Waals surface area (Å²) in [6, 6.07) is 27.2. The first-order valence-corrected chi connectivity index (χ1v) is 11.4. The quantitative estimate of drug-likeness (QED) is 0.495. The average molecular weight is 479 g/mol. The molecule has 3 aromatic rings. The fourth-order valence-corrected chi connectivity index (χ4v) is 4.30. The van der Waals surface area contributed by atoms with Crippen molar-refractivity contribution in [2.45, 2.75) is 13.0 Å². The van der Waals surface area contributed by atoms with Crippen molar-refractivity contribution in [3.05, 3.63) is 100 Å². The van der Waals surface area contributed by atoms with Crippen LogP contribution >= 0.6 is 15.9 Å². The van der Waals surface area contributed by atoms with Crippen LogP contribution in [0.15, 0.2) is 83.3 Å². The minimum absolute atomic E-state index is 0.0381. The maximum absolute atomic E-state index is 12.7. The molecule has 1 aliphatic rings. The number of nitrogens with zero attached hydrogens (tertiary/aromatic N) is 2. The molecule has 1 amide bonds. The lowest BCUT2D eigenvalue weighted by Crippen LogP contribution is -2.51. The predicted molar refractivity (Wildman–Crippen MR) is 127 cm³/mol. The van der Waals surface area contributed by atoms with Crippen LogP contribution in [-0.4, -0.2) is 48.5 Å². The number of carbonyl (C=O) groups excluding carboxylic acids is 1. The molecule has 160 valence electrons. The highest BCUT2D eigenvalue weighted by atomic mass is 79.9. The predicted octanol–water partition coefficient (Wildman–Crippen LogP) is 5.07. The van der Waals surface area contributed by atoms with E-state index in [1.54, 1.807) is 0 Å². The second kappa shape index (κ2) is 10.1. The third-order valence-electron chi connectivity index (χ3n) is 5.75. The zero-order valence-electron chi connectivity index (χ0n) is 17.7. The molecule has 5 heteroatoms. The molecule has 0 N–H and O–H groups in total. The molecule has 4 nitrogen and oxygen atoms in total. The molecule has 0 atom stereocenters. The van der Waals surface area contributed by atoms with Crippen LogP contribution in [0.2, 0.25) is 0 Å². The van der Waals surface area contributed by atoms with Gasteiger partial charge in [0, 0.05) is 30.7 Å². The largest absolute Gasteiger partial charge is 0.484 e. The molecule has 0 aliphatic carbocycles. The Hall–Kier alpha value is -2.63. The minimum atomic E-state index is 0.0381. The highest BCUT2D eigenvalue weighted by molar-refractivity contribution is 9.10. The third-order valence-corrected chi connectivity index (χ3v) is 6.64. The molecule has 0 spiro atoms. The van der Waals surface area contributed by atoms with E-state index in [-0.39, 0.29) is 18.6 Å². The van der Waals surface area contributed by atoms with Gasteiger partial charge >= 0.3 is 0 Å². The smallest absolute Gasteiger partial charge is 0.260 e. The van der Waals surface area contributed by atoms with Gasteiger partial charge in [0.15, 0.2) is 6.61 Å². The Bertz CT molecular complexity index is 963. The Balaban J connectivity index is 1.38. The third kappa shape index (κ3) is 5.35. The molecule has 0 bridgehead atoms. The number of aryl methyl sites for hydroxylation is 1. The van der Waals surface area contributed by atoms with Crippen molar-refractivity contribution in [1.29, 1.82) is 0 Å². The number of piperazine rings is 1. The molecule has 0 unspecified atom stereocenters. The van der Waals surface area contributed by atoms with Crippen molar-refractivity contribution >= 4 is 21.8 Å². The summed E-state index contributed by atoms with van der Waals surface area (Å²) in [6.07, 6.45) is 0. The number of rotatable bonds is 6. The summed E-state index contributed by atoms with van der Waals surface area (Å²) >= 11 is 3.49. The highest BCUT2D eigenvalue weighted by Crippen LogP contribution is 2.29. The van der Waals surface area contributed by atoms with Gasteiger partial charge in [0.05, 0.1) is 6.04 Å². The standard InChI is InChI=1S/C26H27BrN2O2/c1-20-18-23(12-13-24(20)27)31-19-25(30)28-14-16-29(17-15-28)26(21-8-4-2-5-9-21)22-10-6-3-7-11-22/h2-13,18,26H,14-17,19H2,1H3. The number of hydrogen-bond acceptors (Lipinski definition) is 3. The van der Waals surface area contributed by atoms with E-state index in [1.165, 1.54) is 11.1 Å². The van der Waals surface area contributed by atoms with Crippen LogP contribution in [0.5, 0.6) is 5.75 Å². The summed E-state index contributed by atoms with van der Waals surface area (Å²) in [5, 5.41) is 0. The number of halogens is 1. The molecule has 1 aliphatic heterocycles. The molecule has 3 aromatic carbocycles. The van der Waals surface area contributed by atoms with Gasteiger partial charge in [0.25, 0.3) is 5.91 Å². The van der Waals surface area contributed by atoms with Crippen molar-refractivity contribution in [1.82, 2.24) is 9.80 Å². The monoisotopic (exact) mass is 478 g/mol. The Labute approximate surface area is 192 Å². The summed E-state index contributed by atoms with van der Waals surface area (Å²) in [6.45, 7) is 5.15. The van der Waals surface area contributed by atoms with Crippen LogP contribution in [-0.2, 0) is 4.79 Å². The second-order valence-corrected chi connectivity index (χ2v) is 8.69. The number of amides is 1. The molecule has 0 aromatic heterocycles. The fourth-order valence-electron chi connectivity index (χ4n) is 4.06. The van der Waals surface area contributed by atoms with E-state index in [4.69, 9.17) is 4.74 Å². The van der Waals surface area contributed by atoms with Crippen LogP contribution < -0.4 is 4.74 Å². The van der Waals surface area contributed by atoms with E-state index in [0.29, 0.717) is 13.1 Å². The summed E-state index contributed by atoms with van der Waals surface area (Å²) in [7, 11) is 0. The maximum atomic E-state index is 12.7. The molecular weight excluding hydrogens is 452 g/mol. The fraction of sp³-hybridized carbons (Fsp3) is 0.269. The van der Waals surface area contributed by atoms with E-state index in [0.717, 1.165) is 28.9 Å². The normalized spacial score (nSPS) is 14.6. The van der Waals surface area contributed by atoms with E-state index in [1.807, 2.05) is 30.0 Å². The van der Waals surface area contributed by atoms with Gasteiger partial charge < -0.3 is 9.64 Å². The van der Waals surface area contributed by atoms with E-state index in [9.17, 15) is 4.79 Å². The molecule has 0 saturated carbocycles. The van der Waals surface area contributed by atoms with E-state index in [2.05, 4.69) is 81.5 Å². The summed E-state index contributed by atoms with van der Waals surface area (Å²) in [5.41, 5.74) is 3.65. The van der Waals surface area contributed by atoms with Crippen LogP contribution in [0.3, 0.4) is 0 Å². The SMILES string of the molecule is Cc1cc(OCC(=O)N2CCN(C(c3ccccc3)c3ccccc3)CC2)ccc1Br. The van der Waals surface area contributed by atoms with Crippen molar-refractivity contribution < 1.29 is 9.53 Å². The van der Waals surface area contributed by atoms with Crippen LogP contribution in [0.4, 0.5) is 0 Å². The Morgan fingerprint density at radius 1 is 0.903 bits per heavy atom. The van der Waals surface area contributed by atoms with Crippen molar-refractivity contribution in [2.24, 2.45) is 0 Å². The van der Waals surface area contributed by atoms with Gasteiger partial charge in [-0.05, 0) is 41.8 Å². The lowest BCUT2D eigenvalue weighted by atomic mass is 9.96. The van der Waals surface area contributed by atoms with E-state index < -0.39 is 0 Å². The Kier molecular flexibility index (Phi) is 7.05. The van der Waals surface area contributed by atoms with E-state index >= 15 is 0 Å². The first kappa shape index (κ1) is 21.6. The zero-order chi connectivity index (χ0) is 21.6. The molecular formula is C26H27BrN2O2. The highest BCUT2D eigenvalue weighted by Gasteiger charge is 2.28. The first-order chi connectivity index (χ1) is 15.1. The molecule has 0 radical (unpaired) electrons. The molecule has 1 saturated heterocycles. The molecule has 1 heterocycles. The van der Waals surface area contributed by atoms with Crippen molar-refractivity contribution in [2.75, 3.05) is 32.8 Å². The molecule has 1 fully saturated rings.